The fourth-order valence-corrected chi connectivity index (χ4v) is 6.19. The topological polar surface area (TPSA) is 67.4 Å². The summed E-state index contributed by atoms with van der Waals surface area (Å²) in [7, 11) is 0. The second-order valence-corrected chi connectivity index (χ2v) is 10.9. The van der Waals surface area contributed by atoms with Crippen LogP contribution in [-0.4, -0.2) is 54.3 Å². The first-order chi connectivity index (χ1) is 14.2. The van der Waals surface area contributed by atoms with Crippen LogP contribution in [0.4, 0.5) is 8.78 Å². The minimum absolute atomic E-state index is 0.00729. The first-order valence-corrected chi connectivity index (χ1v) is 11.8. The van der Waals surface area contributed by atoms with Crippen LogP contribution in [-0.2, 0) is 14.3 Å². The van der Waals surface area contributed by atoms with E-state index in [2.05, 4.69) is 17.6 Å². The van der Waals surface area contributed by atoms with E-state index in [-0.39, 0.29) is 42.4 Å². The summed E-state index contributed by atoms with van der Waals surface area (Å²) < 4.78 is 33.3. The molecular formula is C22H33ClF2N2O3. The van der Waals surface area contributed by atoms with Gasteiger partial charge in [0.05, 0.1) is 16.9 Å². The zero-order chi connectivity index (χ0) is 21.5. The maximum absolute atomic E-state index is 14.1. The highest BCUT2D eigenvalue weighted by atomic mass is 35.5. The van der Waals surface area contributed by atoms with Crippen molar-refractivity contribution in [3.63, 3.8) is 0 Å². The smallest absolute Gasteiger partial charge is 0.246 e. The lowest BCUT2D eigenvalue weighted by Crippen LogP contribution is -2.78. The van der Waals surface area contributed by atoms with Gasteiger partial charge in [0.15, 0.2) is 0 Å². The van der Waals surface area contributed by atoms with Gasteiger partial charge in [0, 0.05) is 24.4 Å². The SMILES string of the molecule is CC1CCC(F)C(CNC(=O)C23CC(NC(=O)COC4CCC(Cl)C(F)C4)(C2)C3)C1. The monoisotopic (exact) mass is 446 g/mol. The van der Waals surface area contributed by atoms with Crippen LogP contribution < -0.4 is 10.6 Å². The molecule has 5 nitrogen and oxygen atoms in total. The largest absolute Gasteiger partial charge is 0.368 e. The Morgan fingerprint density at radius 1 is 1.07 bits per heavy atom. The van der Waals surface area contributed by atoms with E-state index >= 15 is 0 Å². The fraction of sp³-hybridized carbons (Fsp3) is 0.909. The normalized spacial score (nSPS) is 45.1. The van der Waals surface area contributed by atoms with Crippen molar-refractivity contribution in [2.24, 2.45) is 17.3 Å². The first-order valence-electron chi connectivity index (χ1n) is 11.3. The van der Waals surface area contributed by atoms with Gasteiger partial charge in [-0.2, -0.15) is 0 Å². The minimum atomic E-state index is -1.09. The van der Waals surface area contributed by atoms with E-state index < -0.39 is 23.1 Å². The molecule has 2 bridgehead atoms. The average Bonchev–Trinajstić information content (AvgIpc) is 2.65. The Morgan fingerprint density at radius 3 is 2.50 bits per heavy atom. The van der Waals surface area contributed by atoms with E-state index in [0.717, 1.165) is 12.8 Å². The molecule has 5 aliphatic rings. The van der Waals surface area contributed by atoms with E-state index in [1.807, 2.05) is 0 Å². The van der Waals surface area contributed by atoms with Crippen LogP contribution in [0, 0.1) is 17.3 Å². The molecule has 0 heterocycles. The fourth-order valence-electron chi connectivity index (χ4n) is 5.96. The van der Waals surface area contributed by atoms with Crippen molar-refractivity contribution in [3.05, 3.63) is 0 Å². The van der Waals surface area contributed by atoms with Crippen LogP contribution in [0.5, 0.6) is 0 Å². The van der Waals surface area contributed by atoms with Crippen molar-refractivity contribution in [1.29, 1.82) is 0 Å². The van der Waals surface area contributed by atoms with E-state index in [9.17, 15) is 18.4 Å². The lowest BCUT2D eigenvalue weighted by atomic mass is 9.39. The summed E-state index contributed by atoms with van der Waals surface area (Å²) in [5.41, 5.74) is -0.712. The number of halogens is 3. The molecule has 2 N–H and O–H groups in total. The molecule has 0 aromatic rings. The summed E-state index contributed by atoms with van der Waals surface area (Å²) in [6.45, 7) is 2.44. The third kappa shape index (κ3) is 4.47. The third-order valence-corrected chi connectivity index (χ3v) is 8.18. The van der Waals surface area contributed by atoms with E-state index in [0.29, 0.717) is 51.0 Å². The maximum Gasteiger partial charge on any atom is 0.246 e. The number of rotatable bonds is 7. The summed E-state index contributed by atoms with van der Waals surface area (Å²) in [4.78, 5) is 24.9. The van der Waals surface area contributed by atoms with Gasteiger partial charge in [-0.25, -0.2) is 8.78 Å². The van der Waals surface area contributed by atoms with Crippen LogP contribution in [0.2, 0.25) is 0 Å². The number of ether oxygens (including phenoxy) is 1. The number of hydrogen-bond acceptors (Lipinski definition) is 3. The highest BCUT2D eigenvalue weighted by Crippen LogP contribution is 2.67. The highest BCUT2D eigenvalue weighted by molar-refractivity contribution is 6.21. The van der Waals surface area contributed by atoms with Gasteiger partial charge in [-0.3, -0.25) is 9.59 Å². The second-order valence-electron chi connectivity index (χ2n) is 10.3. The summed E-state index contributed by atoms with van der Waals surface area (Å²) in [6, 6.07) is 0. The summed E-state index contributed by atoms with van der Waals surface area (Å²) in [6.07, 6.45) is 3.47. The van der Waals surface area contributed by atoms with Gasteiger partial charge in [0.25, 0.3) is 0 Å². The first kappa shape index (κ1) is 22.3. The van der Waals surface area contributed by atoms with Crippen molar-refractivity contribution in [1.82, 2.24) is 10.6 Å². The summed E-state index contributed by atoms with van der Waals surface area (Å²) in [5.74, 6) is 0.194. The molecule has 0 aromatic heterocycles. The number of alkyl halides is 3. The van der Waals surface area contributed by atoms with E-state index in [4.69, 9.17) is 16.3 Å². The summed E-state index contributed by atoms with van der Waals surface area (Å²) >= 11 is 5.87. The third-order valence-electron chi connectivity index (χ3n) is 7.69. The van der Waals surface area contributed by atoms with Crippen molar-refractivity contribution in [2.45, 2.75) is 94.1 Å². The van der Waals surface area contributed by atoms with E-state index in [1.165, 1.54) is 0 Å². The molecule has 6 atom stereocenters. The van der Waals surface area contributed by atoms with Gasteiger partial charge >= 0.3 is 0 Å². The zero-order valence-corrected chi connectivity index (χ0v) is 18.4. The number of carbonyl (C=O) groups excluding carboxylic acids is 2. The van der Waals surface area contributed by atoms with Crippen molar-refractivity contribution >= 4 is 23.4 Å². The van der Waals surface area contributed by atoms with Crippen LogP contribution >= 0.6 is 11.6 Å². The van der Waals surface area contributed by atoms with E-state index in [1.54, 1.807) is 0 Å². The molecule has 0 saturated heterocycles. The van der Waals surface area contributed by atoms with Crippen molar-refractivity contribution < 1.29 is 23.1 Å². The Balaban J connectivity index is 1.15. The Bertz CT molecular complexity index is 659. The van der Waals surface area contributed by atoms with Crippen LogP contribution in [0.3, 0.4) is 0 Å². The molecule has 5 aliphatic carbocycles. The number of hydrogen-bond donors (Lipinski definition) is 2. The van der Waals surface area contributed by atoms with Crippen LogP contribution in [0.25, 0.3) is 0 Å². The van der Waals surface area contributed by atoms with Gasteiger partial charge in [-0.1, -0.05) is 6.92 Å². The van der Waals surface area contributed by atoms with Gasteiger partial charge in [0.2, 0.25) is 11.8 Å². The minimum Gasteiger partial charge on any atom is -0.368 e. The molecule has 8 heteroatoms. The lowest BCUT2D eigenvalue weighted by molar-refractivity contribution is -0.185. The molecule has 2 amide bonds. The molecule has 0 aliphatic heterocycles. The standard InChI is InChI=1S/C22H33ClF2N2O3/c1-13-2-5-17(24)14(6-13)8-26-20(29)21-10-22(11-21,12-21)27-19(28)9-30-15-3-4-16(23)18(25)7-15/h13-18H,2-12H2,1H3,(H,26,29)(H,27,28). The molecule has 0 aromatic carbocycles. The molecule has 0 radical (unpaired) electrons. The van der Waals surface area contributed by atoms with Crippen molar-refractivity contribution in [3.8, 4) is 0 Å². The highest BCUT2D eigenvalue weighted by Gasteiger charge is 2.72. The second kappa shape index (κ2) is 8.53. The molecular weight excluding hydrogens is 414 g/mol. The molecule has 0 spiro atoms. The van der Waals surface area contributed by atoms with Gasteiger partial charge in [-0.05, 0) is 57.3 Å². The molecule has 30 heavy (non-hydrogen) atoms. The predicted molar refractivity (Wildman–Crippen MR) is 110 cm³/mol. The number of amides is 2. The quantitative estimate of drug-likeness (QED) is 0.589. The molecule has 5 rings (SSSR count). The Hall–Kier alpha value is -0.950. The van der Waals surface area contributed by atoms with Crippen LogP contribution in [0.1, 0.15) is 64.7 Å². The maximum atomic E-state index is 14.1. The Morgan fingerprint density at radius 2 is 1.80 bits per heavy atom. The van der Waals surface area contributed by atoms with Gasteiger partial charge < -0.3 is 15.4 Å². The van der Waals surface area contributed by atoms with Crippen molar-refractivity contribution in [2.75, 3.05) is 13.2 Å². The van der Waals surface area contributed by atoms with Crippen LogP contribution in [0.15, 0.2) is 0 Å². The molecule has 6 unspecified atom stereocenters. The predicted octanol–water partition coefficient (Wildman–Crippen LogP) is 3.43. The summed E-state index contributed by atoms with van der Waals surface area (Å²) in [5, 5.41) is 5.50. The average molecular weight is 447 g/mol. The molecule has 170 valence electrons. The molecule has 5 saturated carbocycles. The Kier molecular flexibility index (Phi) is 6.33. The lowest BCUT2D eigenvalue weighted by Gasteiger charge is -2.69. The Labute approximate surface area is 182 Å². The molecule has 5 fully saturated rings. The van der Waals surface area contributed by atoms with Gasteiger partial charge in [0.1, 0.15) is 19.0 Å². The number of nitrogens with one attached hydrogen (secondary N) is 2. The number of carbonyl (C=O) groups is 2. The van der Waals surface area contributed by atoms with Gasteiger partial charge in [-0.15, -0.1) is 11.6 Å². The zero-order valence-electron chi connectivity index (χ0n) is 17.6.